The summed E-state index contributed by atoms with van der Waals surface area (Å²) in [6.45, 7) is 2.08. The largest absolute Gasteiger partial charge is 0.332 e. The number of aryl methyl sites for hydroxylation is 1. The van der Waals surface area contributed by atoms with Crippen molar-refractivity contribution in [3.05, 3.63) is 58.9 Å². The van der Waals surface area contributed by atoms with Crippen LogP contribution in [0.4, 0.5) is 33.3 Å². The number of unbranched alkanes of at least 4 members (excludes halogenated alkanes) is 1. The molecule has 0 radical (unpaired) electrons. The van der Waals surface area contributed by atoms with Gasteiger partial charge in [-0.15, -0.1) is 0 Å². The maximum atomic E-state index is 13.6. The number of benzene rings is 2. The first-order chi connectivity index (χ1) is 11.8. The van der Waals surface area contributed by atoms with Crippen LogP contribution in [0.15, 0.2) is 24.3 Å². The lowest BCUT2D eigenvalue weighted by Gasteiger charge is -2.13. The van der Waals surface area contributed by atoms with E-state index >= 15 is 0 Å². The Labute approximate surface area is 147 Å². The summed E-state index contributed by atoms with van der Waals surface area (Å²) in [6.07, 6.45) is 3.03. The Kier molecular flexibility index (Phi) is 6.30. The van der Waals surface area contributed by atoms with Crippen molar-refractivity contribution in [3.63, 3.8) is 0 Å². The summed E-state index contributed by atoms with van der Waals surface area (Å²) in [6, 6.07) is 7.13. The van der Waals surface area contributed by atoms with Crippen molar-refractivity contribution in [1.82, 2.24) is 0 Å². The van der Waals surface area contributed by atoms with E-state index in [4.69, 9.17) is 12.2 Å². The number of halogens is 5. The third-order valence-corrected chi connectivity index (χ3v) is 3.68. The van der Waals surface area contributed by atoms with E-state index in [1.54, 1.807) is 12.1 Å². The Morgan fingerprint density at radius 2 is 1.36 bits per heavy atom. The van der Waals surface area contributed by atoms with Gasteiger partial charge in [-0.3, -0.25) is 0 Å². The Hall–Kier alpha value is -2.22. The van der Waals surface area contributed by atoms with Crippen LogP contribution in [0.2, 0.25) is 0 Å². The molecule has 0 unspecified atom stereocenters. The van der Waals surface area contributed by atoms with E-state index in [1.165, 1.54) is 0 Å². The molecular formula is C17H15F5N2S. The quantitative estimate of drug-likeness (QED) is 0.311. The molecule has 134 valence electrons. The maximum absolute atomic E-state index is 13.6. The Balaban J connectivity index is 2.11. The molecule has 8 heteroatoms. The average Bonchev–Trinajstić information content (AvgIpc) is 2.61. The molecule has 0 aliphatic heterocycles. The van der Waals surface area contributed by atoms with Crippen molar-refractivity contribution in [2.24, 2.45) is 0 Å². The number of rotatable bonds is 5. The van der Waals surface area contributed by atoms with E-state index in [-0.39, 0.29) is 5.11 Å². The van der Waals surface area contributed by atoms with Gasteiger partial charge in [-0.25, -0.2) is 22.0 Å². The van der Waals surface area contributed by atoms with Crippen LogP contribution in [-0.2, 0) is 6.42 Å². The van der Waals surface area contributed by atoms with Crippen molar-refractivity contribution < 1.29 is 22.0 Å². The van der Waals surface area contributed by atoms with Crippen LogP contribution in [0.1, 0.15) is 25.3 Å². The van der Waals surface area contributed by atoms with E-state index in [1.807, 2.05) is 17.4 Å². The van der Waals surface area contributed by atoms with E-state index in [0.717, 1.165) is 24.8 Å². The van der Waals surface area contributed by atoms with Gasteiger partial charge in [0, 0.05) is 5.69 Å². The lowest BCUT2D eigenvalue weighted by Crippen LogP contribution is -2.22. The predicted octanol–water partition coefficient (Wildman–Crippen LogP) is 5.53. The fourth-order valence-electron chi connectivity index (χ4n) is 2.13. The number of hydrogen-bond donors (Lipinski definition) is 2. The Morgan fingerprint density at radius 3 is 1.88 bits per heavy atom. The summed E-state index contributed by atoms with van der Waals surface area (Å²) in [7, 11) is 0. The lowest BCUT2D eigenvalue weighted by atomic mass is 10.1. The lowest BCUT2D eigenvalue weighted by molar-refractivity contribution is 0.382. The van der Waals surface area contributed by atoms with E-state index < -0.39 is 34.8 Å². The minimum absolute atomic E-state index is 0.301. The number of nitrogens with one attached hydrogen (secondary N) is 2. The molecule has 2 N–H and O–H groups in total. The summed E-state index contributed by atoms with van der Waals surface area (Å²) in [5.74, 6) is -10.2. The molecule has 0 fully saturated rings. The van der Waals surface area contributed by atoms with Gasteiger partial charge in [0.25, 0.3) is 0 Å². The monoisotopic (exact) mass is 374 g/mol. The fraction of sp³-hybridized carbons (Fsp3) is 0.235. The molecule has 0 amide bonds. The van der Waals surface area contributed by atoms with Gasteiger partial charge >= 0.3 is 0 Å². The molecule has 0 saturated heterocycles. The molecule has 2 rings (SSSR count). The number of hydrogen-bond acceptors (Lipinski definition) is 1. The fourth-order valence-corrected chi connectivity index (χ4v) is 2.35. The van der Waals surface area contributed by atoms with Gasteiger partial charge in [-0.05, 0) is 42.8 Å². The summed E-state index contributed by atoms with van der Waals surface area (Å²) in [5.41, 5.74) is 0.432. The van der Waals surface area contributed by atoms with Gasteiger partial charge in [0.15, 0.2) is 28.4 Å². The Morgan fingerprint density at radius 1 is 0.840 bits per heavy atom. The smallest absolute Gasteiger partial charge is 0.200 e. The van der Waals surface area contributed by atoms with Crippen LogP contribution in [0.3, 0.4) is 0 Å². The first-order valence-corrected chi connectivity index (χ1v) is 7.94. The SMILES string of the molecule is CCCCc1ccc(NC(=S)Nc2c(F)c(F)c(F)c(F)c2F)cc1. The van der Waals surface area contributed by atoms with Crippen molar-refractivity contribution >= 4 is 28.7 Å². The van der Waals surface area contributed by atoms with E-state index in [9.17, 15) is 22.0 Å². The minimum atomic E-state index is -2.22. The van der Waals surface area contributed by atoms with Crippen LogP contribution in [-0.4, -0.2) is 5.11 Å². The molecule has 0 heterocycles. The zero-order valence-corrected chi connectivity index (χ0v) is 14.0. The third-order valence-electron chi connectivity index (χ3n) is 3.48. The third kappa shape index (κ3) is 4.45. The van der Waals surface area contributed by atoms with Gasteiger partial charge in [0.2, 0.25) is 5.82 Å². The van der Waals surface area contributed by atoms with Gasteiger partial charge < -0.3 is 10.6 Å². The topological polar surface area (TPSA) is 24.1 Å². The molecule has 0 aliphatic carbocycles. The summed E-state index contributed by atoms with van der Waals surface area (Å²) in [4.78, 5) is 0. The van der Waals surface area contributed by atoms with E-state index in [2.05, 4.69) is 12.2 Å². The van der Waals surface area contributed by atoms with Crippen LogP contribution in [0.25, 0.3) is 0 Å². The molecular weight excluding hydrogens is 359 g/mol. The molecule has 0 aliphatic rings. The summed E-state index contributed by atoms with van der Waals surface area (Å²) >= 11 is 4.87. The molecule has 2 nitrogen and oxygen atoms in total. The number of anilines is 2. The zero-order valence-electron chi connectivity index (χ0n) is 13.2. The zero-order chi connectivity index (χ0) is 18.6. The molecule has 0 aromatic heterocycles. The van der Waals surface area contributed by atoms with Crippen LogP contribution < -0.4 is 10.6 Å². The van der Waals surface area contributed by atoms with Crippen molar-refractivity contribution in [2.75, 3.05) is 10.6 Å². The number of thiocarbonyl (C=S) groups is 1. The second-order valence-electron chi connectivity index (χ2n) is 5.32. The highest BCUT2D eigenvalue weighted by Crippen LogP contribution is 2.27. The first kappa shape index (κ1) is 19.1. The van der Waals surface area contributed by atoms with Gasteiger partial charge in [-0.2, -0.15) is 0 Å². The predicted molar refractivity (Wildman–Crippen MR) is 91.1 cm³/mol. The van der Waals surface area contributed by atoms with Crippen LogP contribution in [0.5, 0.6) is 0 Å². The average molecular weight is 374 g/mol. The summed E-state index contributed by atoms with van der Waals surface area (Å²) in [5, 5.41) is 4.34. The van der Waals surface area contributed by atoms with Gasteiger partial charge in [-0.1, -0.05) is 25.5 Å². The molecule has 2 aromatic rings. The highest BCUT2D eigenvalue weighted by Gasteiger charge is 2.26. The first-order valence-electron chi connectivity index (χ1n) is 7.53. The molecule has 2 aromatic carbocycles. The van der Waals surface area contributed by atoms with Crippen LogP contribution >= 0.6 is 12.2 Å². The van der Waals surface area contributed by atoms with Gasteiger partial charge in [0.05, 0.1) is 0 Å². The van der Waals surface area contributed by atoms with E-state index in [0.29, 0.717) is 5.69 Å². The maximum Gasteiger partial charge on any atom is 0.200 e. The second-order valence-corrected chi connectivity index (χ2v) is 5.73. The Bertz CT molecular complexity index is 749. The second kappa shape index (κ2) is 8.24. The highest BCUT2D eigenvalue weighted by molar-refractivity contribution is 7.80. The minimum Gasteiger partial charge on any atom is -0.332 e. The van der Waals surface area contributed by atoms with Crippen molar-refractivity contribution in [1.29, 1.82) is 0 Å². The molecule has 0 saturated carbocycles. The molecule has 0 atom stereocenters. The molecule has 0 spiro atoms. The molecule has 0 bridgehead atoms. The standard InChI is InChI=1S/C17H15F5N2S/c1-2-3-4-9-5-7-10(8-6-9)23-17(25)24-16-14(21)12(19)11(18)13(20)15(16)22/h5-8H,2-4H2,1H3,(H2,23,24,25). The van der Waals surface area contributed by atoms with Crippen LogP contribution in [0, 0.1) is 29.1 Å². The van der Waals surface area contributed by atoms with Crippen molar-refractivity contribution in [3.8, 4) is 0 Å². The normalized spacial score (nSPS) is 10.6. The van der Waals surface area contributed by atoms with Gasteiger partial charge in [0.1, 0.15) is 5.69 Å². The molecule has 25 heavy (non-hydrogen) atoms. The van der Waals surface area contributed by atoms with Crippen molar-refractivity contribution in [2.45, 2.75) is 26.2 Å². The summed E-state index contributed by atoms with van der Waals surface area (Å²) < 4.78 is 66.5. The highest BCUT2D eigenvalue weighted by atomic mass is 32.1.